The molecule has 0 spiro atoms. The molecule has 11 heteroatoms. The lowest BCUT2D eigenvalue weighted by Gasteiger charge is -2.26. The van der Waals surface area contributed by atoms with Gasteiger partial charge >= 0.3 is 0 Å². The van der Waals surface area contributed by atoms with E-state index in [2.05, 4.69) is 0 Å². The highest BCUT2D eigenvalue weighted by Crippen LogP contribution is 2.29. The van der Waals surface area contributed by atoms with Gasteiger partial charge in [-0.1, -0.05) is 29.3 Å². The number of benzene rings is 2. The van der Waals surface area contributed by atoms with Gasteiger partial charge in [-0.2, -0.15) is 8.78 Å². The molecule has 3 rings (SSSR count). The first kappa shape index (κ1) is 23.6. The van der Waals surface area contributed by atoms with E-state index in [0.717, 1.165) is 6.42 Å². The molecule has 0 radical (unpaired) electrons. The summed E-state index contributed by atoms with van der Waals surface area (Å²) in [4.78, 5) is 14.0. The molecule has 1 fully saturated rings. The van der Waals surface area contributed by atoms with Crippen LogP contribution in [0.3, 0.4) is 0 Å². The molecule has 0 aromatic heterocycles. The zero-order valence-corrected chi connectivity index (χ0v) is 17.4. The number of ether oxygens (including phenoxy) is 2. The van der Waals surface area contributed by atoms with Crippen LogP contribution in [0.1, 0.15) is 18.4 Å². The van der Waals surface area contributed by atoms with Crippen molar-refractivity contribution in [3.05, 3.63) is 62.9 Å². The van der Waals surface area contributed by atoms with Crippen LogP contribution in [0.2, 0.25) is 10.0 Å². The van der Waals surface area contributed by atoms with Crippen molar-refractivity contribution in [1.82, 2.24) is 4.90 Å². The van der Waals surface area contributed by atoms with E-state index >= 15 is 0 Å². The number of amides is 1. The van der Waals surface area contributed by atoms with Gasteiger partial charge in [-0.15, -0.1) is 0 Å². The molecule has 0 N–H and O–H groups in total. The van der Waals surface area contributed by atoms with Crippen molar-refractivity contribution >= 4 is 29.1 Å². The van der Waals surface area contributed by atoms with Crippen LogP contribution >= 0.6 is 23.2 Å². The Bertz CT molecular complexity index is 957. The van der Waals surface area contributed by atoms with Gasteiger partial charge < -0.3 is 14.4 Å². The minimum atomic E-state index is -2.31. The predicted octanol–water partition coefficient (Wildman–Crippen LogP) is 5.28. The van der Waals surface area contributed by atoms with Gasteiger partial charge in [0.1, 0.15) is 0 Å². The molecule has 1 amide bonds. The lowest BCUT2D eigenvalue weighted by molar-refractivity contribution is -0.135. The number of halogens is 7. The number of nitrogens with zero attached hydrogens (tertiary/aromatic N) is 1. The summed E-state index contributed by atoms with van der Waals surface area (Å²) in [5.41, 5.74) is 0.536. The Labute approximate surface area is 184 Å². The van der Waals surface area contributed by atoms with Crippen LogP contribution in [0, 0.1) is 29.1 Å². The second kappa shape index (κ2) is 10.0. The summed E-state index contributed by atoms with van der Waals surface area (Å²) in [6, 6.07) is 4.66. The first-order valence-corrected chi connectivity index (χ1v) is 9.92. The summed E-state index contributed by atoms with van der Waals surface area (Å²) < 4.78 is 77.7. The Morgan fingerprint density at radius 3 is 2.29 bits per heavy atom. The molecule has 1 aliphatic heterocycles. The predicted molar refractivity (Wildman–Crippen MR) is 103 cm³/mol. The Morgan fingerprint density at radius 1 is 1.06 bits per heavy atom. The number of hydrogen-bond acceptors (Lipinski definition) is 3. The van der Waals surface area contributed by atoms with Gasteiger partial charge in [0, 0.05) is 29.7 Å². The van der Waals surface area contributed by atoms with Crippen molar-refractivity contribution in [2.45, 2.75) is 25.5 Å². The molecular formula is C20H16Cl2F5NO3. The molecule has 1 saturated heterocycles. The molecule has 168 valence electrons. The minimum absolute atomic E-state index is 0.00480. The second-order valence-electron chi connectivity index (χ2n) is 6.83. The lowest BCUT2D eigenvalue weighted by atomic mass is 10.1. The van der Waals surface area contributed by atoms with Crippen molar-refractivity contribution in [3.8, 4) is 5.75 Å². The van der Waals surface area contributed by atoms with Crippen molar-refractivity contribution in [2.75, 3.05) is 19.8 Å². The number of carbonyl (C=O) groups is 1. The van der Waals surface area contributed by atoms with Gasteiger partial charge in [0.15, 0.2) is 12.4 Å². The van der Waals surface area contributed by atoms with E-state index in [9.17, 15) is 26.7 Å². The van der Waals surface area contributed by atoms with Gasteiger partial charge in [0.05, 0.1) is 6.10 Å². The van der Waals surface area contributed by atoms with Gasteiger partial charge in [-0.25, -0.2) is 13.2 Å². The van der Waals surface area contributed by atoms with Crippen LogP contribution < -0.4 is 4.74 Å². The highest BCUT2D eigenvalue weighted by molar-refractivity contribution is 6.35. The molecule has 2 aromatic rings. The van der Waals surface area contributed by atoms with Crippen LogP contribution in [0.25, 0.3) is 0 Å². The standard InChI is InChI=1S/C20H16Cl2F5NO3/c21-11-4-3-10(13(22)6-11)7-28(8-12-2-1-5-30-12)14(29)9-31-20-18(26)16(24)15(23)17(25)19(20)27/h3-4,6,12H,1-2,5,7-9H2/t12-/m1/s1. The van der Waals surface area contributed by atoms with E-state index in [1.807, 2.05) is 0 Å². The van der Waals surface area contributed by atoms with Crippen molar-refractivity contribution in [1.29, 1.82) is 0 Å². The van der Waals surface area contributed by atoms with Crippen LogP contribution in [0.4, 0.5) is 22.0 Å². The van der Waals surface area contributed by atoms with Gasteiger partial charge in [0.25, 0.3) is 5.91 Å². The molecule has 0 aliphatic carbocycles. The zero-order valence-electron chi connectivity index (χ0n) is 15.9. The molecular weight excluding hydrogens is 468 g/mol. The van der Waals surface area contributed by atoms with E-state index in [4.69, 9.17) is 32.7 Å². The maximum atomic E-state index is 13.8. The summed E-state index contributed by atoms with van der Waals surface area (Å²) in [5, 5.41) is 0.679. The third kappa shape index (κ3) is 5.39. The molecule has 4 nitrogen and oxygen atoms in total. The third-order valence-electron chi connectivity index (χ3n) is 4.69. The van der Waals surface area contributed by atoms with Gasteiger partial charge in [-0.3, -0.25) is 4.79 Å². The highest BCUT2D eigenvalue weighted by Gasteiger charge is 2.29. The topological polar surface area (TPSA) is 38.8 Å². The Kier molecular flexibility index (Phi) is 7.61. The summed E-state index contributed by atoms with van der Waals surface area (Å²) in [6.07, 6.45) is 1.22. The highest BCUT2D eigenvalue weighted by atomic mass is 35.5. The normalized spacial score (nSPS) is 15.9. The maximum absolute atomic E-state index is 13.8. The second-order valence-corrected chi connectivity index (χ2v) is 7.68. The Morgan fingerprint density at radius 2 is 1.71 bits per heavy atom. The monoisotopic (exact) mass is 483 g/mol. The number of rotatable bonds is 7. The lowest BCUT2D eigenvalue weighted by Crippen LogP contribution is -2.39. The van der Waals surface area contributed by atoms with Gasteiger partial charge in [-0.05, 0) is 30.5 Å². The van der Waals surface area contributed by atoms with Crippen LogP contribution in [-0.2, 0) is 16.1 Å². The average molecular weight is 484 g/mol. The summed E-state index contributed by atoms with van der Waals surface area (Å²) in [7, 11) is 0. The first-order valence-electron chi connectivity index (χ1n) is 9.16. The van der Waals surface area contributed by atoms with Gasteiger partial charge in [0.2, 0.25) is 29.1 Å². The fourth-order valence-corrected chi connectivity index (χ4v) is 3.55. The third-order valence-corrected chi connectivity index (χ3v) is 5.27. The fraction of sp³-hybridized carbons (Fsp3) is 0.350. The van der Waals surface area contributed by atoms with Crippen LogP contribution in [-0.4, -0.2) is 36.7 Å². The fourth-order valence-electron chi connectivity index (χ4n) is 3.08. The van der Waals surface area contributed by atoms with Crippen molar-refractivity contribution in [2.24, 2.45) is 0 Å². The molecule has 0 bridgehead atoms. The molecule has 0 unspecified atom stereocenters. The smallest absolute Gasteiger partial charge is 0.260 e. The summed E-state index contributed by atoms with van der Waals surface area (Å²) in [6.45, 7) is -0.320. The Hall–Kier alpha value is -2.10. The molecule has 2 aromatic carbocycles. The Balaban J connectivity index is 1.78. The zero-order chi connectivity index (χ0) is 22.7. The number of carbonyl (C=O) groups excluding carboxylic acids is 1. The van der Waals surface area contributed by atoms with E-state index in [1.165, 1.54) is 11.0 Å². The van der Waals surface area contributed by atoms with E-state index < -0.39 is 47.3 Å². The molecule has 1 heterocycles. The van der Waals surface area contributed by atoms with Crippen LogP contribution in [0.15, 0.2) is 18.2 Å². The van der Waals surface area contributed by atoms with Crippen molar-refractivity contribution < 1.29 is 36.2 Å². The van der Waals surface area contributed by atoms with Crippen molar-refractivity contribution in [3.63, 3.8) is 0 Å². The summed E-state index contributed by atoms with van der Waals surface area (Å²) in [5.74, 6) is -13.2. The van der Waals surface area contributed by atoms with Crippen LogP contribution in [0.5, 0.6) is 5.75 Å². The quantitative estimate of drug-likeness (QED) is 0.305. The molecule has 31 heavy (non-hydrogen) atoms. The average Bonchev–Trinajstić information content (AvgIpc) is 3.25. The summed E-state index contributed by atoms with van der Waals surface area (Å²) >= 11 is 12.0. The molecule has 1 atom stereocenters. The first-order chi connectivity index (χ1) is 14.7. The minimum Gasteiger partial charge on any atom is -0.477 e. The SMILES string of the molecule is O=C(COc1c(F)c(F)c(F)c(F)c1F)N(Cc1ccc(Cl)cc1Cl)C[C@H]1CCCO1. The number of hydrogen-bond donors (Lipinski definition) is 0. The maximum Gasteiger partial charge on any atom is 0.260 e. The molecule has 1 aliphatic rings. The van der Waals surface area contributed by atoms with E-state index in [0.29, 0.717) is 28.6 Å². The largest absolute Gasteiger partial charge is 0.477 e. The van der Waals surface area contributed by atoms with E-state index in [-0.39, 0.29) is 19.2 Å². The molecule has 0 saturated carbocycles. The van der Waals surface area contributed by atoms with E-state index in [1.54, 1.807) is 12.1 Å².